The van der Waals surface area contributed by atoms with Crippen LogP contribution in [-0.2, 0) is 0 Å². The summed E-state index contributed by atoms with van der Waals surface area (Å²) in [7, 11) is 0. The molecular formula is C46H28O2. The van der Waals surface area contributed by atoms with Crippen LogP contribution in [0.3, 0.4) is 0 Å². The average molecular weight is 613 g/mol. The van der Waals surface area contributed by atoms with Crippen molar-refractivity contribution in [1.29, 1.82) is 0 Å². The molecule has 0 bridgehead atoms. The number of hydrogen-bond donors (Lipinski definition) is 0. The second-order valence-electron chi connectivity index (χ2n) is 12.4. The van der Waals surface area contributed by atoms with E-state index < -0.39 is 0 Å². The first kappa shape index (κ1) is 26.8. The van der Waals surface area contributed by atoms with Crippen LogP contribution >= 0.6 is 0 Å². The highest BCUT2D eigenvalue weighted by atomic mass is 16.3. The van der Waals surface area contributed by atoms with E-state index in [2.05, 4.69) is 158 Å². The van der Waals surface area contributed by atoms with Gasteiger partial charge in [-0.3, -0.25) is 0 Å². The summed E-state index contributed by atoms with van der Waals surface area (Å²) in [6, 6.07) is 58.4. The zero-order valence-corrected chi connectivity index (χ0v) is 26.0. The Labute approximate surface area is 277 Å². The highest BCUT2D eigenvalue weighted by molar-refractivity contribution is 6.22. The molecule has 2 heterocycles. The molecule has 8 aromatic carbocycles. The lowest BCUT2D eigenvalue weighted by Crippen LogP contribution is -1.90. The van der Waals surface area contributed by atoms with E-state index in [1.807, 2.05) is 12.3 Å². The SMILES string of the molecule is c1ccc(-c2c3ccccc3c(-c3ccc(-c4ccc5oc6c(ccc7occ(-c8ccccc8)c76)c5c4)cc3)c3ccccc23)cc1. The van der Waals surface area contributed by atoms with Gasteiger partial charge in [0.15, 0.2) is 0 Å². The summed E-state index contributed by atoms with van der Waals surface area (Å²) in [5.41, 5.74) is 12.0. The number of hydrogen-bond acceptors (Lipinski definition) is 2. The molecule has 0 N–H and O–H groups in total. The molecule has 0 spiro atoms. The highest BCUT2D eigenvalue weighted by Gasteiger charge is 2.19. The van der Waals surface area contributed by atoms with Crippen molar-refractivity contribution in [2.75, 3.05) is 0 Å². The third-order valence-corrected chi connectivity index (χ3v) is 9.76. The zero-order chi connectivity index (χ0) is 31.6. The highest BCUT2D eigenvalue weighted by Crippen LogP contribution is 2.44. The molecule has 0 aliphatic carbocycles. The van der Waals surface area contributed by atoms with Crippen molar-refractivity contribution in [1.82, 2.24) is 0 Å². The molecule has 0 fully saturated rings. The van der Waals surface area contributed by atoms with Gasteiger partial charge in [0.25, 0.3) is 0 Å². The summed E-state index contributed by atoms with van der Waals surface area (Å²) in [5, 5.41) is 8.25. The molecule has 0 saturated heterocycles. The molecular weight excluding hydrogens is 585 g/mol. The van der Waals surface area contributed by atoms with Crippen molar-refractivity contribution in [3.8, 4) is 44.5 Å². The molecule has 10 rings (SSSR count). The van der Waals surface area contributed by atoms with E-state index in [-0.39, 0.29) is 0 Å². The van der Waals surface area contributed by atoms with Gasteiger partial charge in [0.05, 0.1) is 11.6 Å². The molecule has 2 nitrogen and oxygen atoms in total. The minimum Gasteiger partial charge on any atom is -0.464 e. The molecule has 0 amide bonds. The number of benzene rings is 8. The summed E-state index contributed by atoms with van der Waals surface area (Å²) in [6.45, 7) is 0. The van der Waals surface area contributed by atoms with Crippen molar-refractivity contribution in [3.63, 3.8) is 0 Å². The fraction of sp³-hybridized carbons (Fsp3) is 0. The average Bonchev–Trinajstić information content (AvgIpc) is 3.76. The van der Waals surface area contributed by atoms with Crippen LogP contribution in [-0.4, -0.2) is 0 Å². The van der Waals surface area contributed by atoms with Gasteiger partial charge in [-0.25, -0.2) is 0 Å². The van der Waals surface area contributed by atoms with Gasteiger partial charge in [-0.15, -0.1) is 0 Å². The molecule has 48 heavy (non-hydrogen) atoms. The number of rotatable bonds is 4. The maximum absolute atomic E-state index is 6.52. The molecule has 224 valence electrons. The Morgan fingerprint density at radius 1 is 0.333 bits per heavy atom. The summed E-state index contributed by atoms with van der Waals surface area (Å²) < 4.78 is 12.5. The van der Waals surface area contributed by atoms with Crippen LogP contribution in [0.2, 0.25) is 0 Å². The predicted octanol–water partition coefficient (Wildman–Crippen LogP) is 13.3. The normalized spacial score (nSPS) is 11.8. The van der Waals surface area contributed by atoms with Gasteiger partial charge in [-0.05, 0) is 84.8 Å². The van der Waals surface area contributed by atoms with Gasteiger partial charge >= 0.3 is 0 Å². The summed E-state index contributed by atoms with van der Waals surface area (Å²) in [4.78, 5) is 0. The molecule has 0 radical (unpaired) electrons. The van der Waals surface area contributed by atoms with Crippen molar-refractivity contribution in [2.24, 2.45) is 0 Å². The second kappa shape index (κ2) is 10.6. The minimum atomic E-state index is 0.827. The Morgan fingerprint density at radius 2 is 0.833 bits per heavy atom. The first-order valence-corrected chi connectivity index (χ1v) is 16.3. The predicted molar refractivity (Wildman–Crippen MR) is 200 cm³/mol. The zero-order valence-electron chi connectivity index (χ0n) is 26.0. The first-order valence-electron chi connectivity index (χ1n) is 16.3. The van der Waals surface area contributed by atoms with Crippen LogP contribution in [0.15, 0.2) is 179 Å². The Bertz CT molecular complexity index is 2750. The van der Waals surface area contributed by atoms with Crippen LogP contribution in [0, 0.1) is 0 Å². The Balaban J connectivity index is 1.11. The van der Waals surface area contributed by atoms with Crippen LogP contribution in [0.5, 0.6) is 0 Å². The quantitative estimate of drug-likeness (QED) is 0.185. The van der Waals surface area contributed by atoms with Crippen molar-refractivity contribution in [3.05, 3.63) is 170 Å². The molecule has 0 saturated carbocycles. The van der Waals surface area contributed by atoms with E-state index in [1.165, 1.54) is 49.4 Å². The van der Waals surface area contributed by atoms with E-state index in [9.17, 15) is 0 Å². The first-order chi connectivity index (χ1) is 23.8. The molecule has 0 atom stereocenters. The molecule has 0 aliphatic heterocycles. The standard InChI is InChI=1S/C46H28O2/c1-3-11-30(12-4-1)40-28-47-42-26-24-38-39-27-33(23-25-41(39)48-46(38)45(40)42)29-19-21-32(22-20-29)44-36-17-9-7-15-34(36)43(31-13-5-2-6-14-31)35-16-8-10-18-37(35)44/h1-28H. The minimum absolute atomic E-state index is 0.827. The largest absolute Gasteiger partial charge is 0.464 e. The third-order valence-electron chi connectivity index (χ3n) is 9.76. The van der Waals surface area contributed by atoms with Crippen LogP contribution in [0.1, 0.15) is 0 Å². The lowest BCUT2D eigenvalue weighted by atomic mass is 9.86. The lowest BCUT2D eigenvalue weighted by Gasteiger charge is -2.18. The van der Waals surface area contributed by atoms with Crippen molar-refractivity contribution in [2.45, 2.75) is 0 Å². The van der Waals surface area contributed by atoms with Crippen LogP contribution < -0.4 is 0 Å². The number of fused-ring (bicyclic) bond motifs is 7. The van der Waals surface area contributed by atoms with Gasteiger partial charge < -0.3 is 8.83 Å². The molecule has 0 aliphatic rings. The van der Waals surface area contributed by atoms with Gasteiger partial charge in [0.1, 0.15) is 16.7 Å². The maximum Gasteiger partial charge on any atom is 0.147 e. The summed E-state index contributed by atoms with van der Waals surface area (Å²) in [5.74, 6) is 0. The van der Waals surface area contributed by atoms with Gasteiger partial charge in [0, 0.05) is 16.3 Å². The van der Waals surface area contributed by atoms with Crippen LogP contribution in [0.25, 0.3) is 99.0 Å². The smallest absolute Gasteiger partial charge is 0.147 e. The molecule has 10 aromatic rings. The number of furan rings is 2. The van der Waals surface area contributed by atoms with E-state index in [4.69, 9.17) is 8.83 Å². The third kappa shape index (κ3) is 4.06. The van der Waals surface area contributed by atoms with Gasteiger partial charge in [0.2, 0.25) is 0 Å². The lowest BCUT2D eigenvalue weighted by molar-refractivity contribution is 0.616. The second-order valence-corrected chi connectivity index (χ2v) is 12.4. The summed E-state index contributed by atoms with van der Waals surface area (Å²) in [6.07, 6.45) is 1.83. The summed E-state index contributed by atoms with van der Waals surface area (Å²) >= 11 is 0. The Hall–Kier alpha value is -6.38. The topological polar surface area (TPSA) is 26.3 Å². The van der Waals surface area contributed by atoms with E-state index in [1.54, 1.807) is 0 Å². The van der Waals surface area contributed by atoms with Crippen molar-refractivity contribution >= 4 is 54.5 Å². The molecule has 2 aromatic heterocycles. The van der Waals surface area contributed by atoms with Gasteiger partial charge in [-0.2, -0.15) is 0 Å². The van der Waals surface area contributed by atoms with Gasteiger partial charge in [-0.1, -0.05) is 140 Å². The van der Waals surface area contributed by atoms with Crippen molar-refractivity contribution < 1.29 is 8.83 Å². The fourth-order valence-electron chi connectivity index (χ4n) is 7.55. The van der Waals surface area contributed by atoms with E-state index >= 15 is 0 Å². The maximum atomic E-state index is 6.52. The fourth-order valence-corrected chi connectivity index (χ4v) is 7.55. The van der Waals surface area contributed by atoms with E-state index in [0.29, 0.717) is 0 Å². The Kier molecular flexibility index (Phi) is 5.91. The van der Waals surface area contributed by atoms with E-state index in [0.717, 1.165) is 49.6 Å². The monoisotopic (exact) mass is 612 g/mol. The Morgan fingerprint density at radius 3 is 1.46 bits per heavy atom. The van der Waals surface area contributed by atoms with Crippen LogP contribution in [0.4, 0.5) is 0 Å². The molecule has 2 heteroatoms. The molecule has 0 unspecified atom stereocenters.